The van der Waals surface area contributed by atoms with Crippen LogP contribution in [0.1, 0.15) is 29.1 Å². The Bertz CT molecular complexity index is 552. The van der Waals surface area contributed by atoms with Gasteiger partial charge in [0.15, 0.2) is 0 Å². The molecule has 0 unspecified atom stereocenters. The molecule has 3 N–H and O–H groups in total. The van der Waals surface area contributed by atoms with Crippen molar-refractivity contribution in [3.8, 4) is 0 Å². The average molecular weight is 309 g/mol. The van der Waals surface area contributed by atoms with Gasteiger partial charge in [0.05, 0.1) is 17.9 Å². The lowest BCUT2D eigenvalue weighted by Gasteiger charge is -2.12. The fourth-order valence-corrected chi connectivity index (χ4v) is 1.97. The summed E-state index contributed by atoms with van der Waals surface area (Å²) in [5.74, 6) is 0.481. The van der Waals surface area contributed by atoms with Gasteiger partial charge in [0, 0.05) is 10.2 Å². The molecule has 0 radical (unpaired) electrons. The largest absolute Gasteiger partial charge is 0.467 e. The molecule has 0 spiro atoms. The van der Waals surface area contributed by atoms with Crippen LogP contribution in [0.3, 0.4) is 0 Å². The molecule has 18 heavy (non-hydrogen) atoms. The number of hydrogen-bond acceptors (Lipinski definition) is 3. The number of rotatable bonds is 3. The first-order valence-electron chi connectivity index (χ1n) is 5.47. The third kappa shape index (κ3) is 2.73. The summed E-state index contributed by atoms with van der Waals surface area (Å²) in [6.07, 6.45) is 1.57. The van der Waals surface area contributed by atoms with Gasteiger partial charge in [-0.2, -0.15) is 0 Å². The third-order valence-corrected chi connectivity index (χ3v) is 3.07. The van der Waals surface area contributed by atoms with Crippen molar-refractivity contribution in [3.63, 3.8) is 0 Å². The third-order valence-electron chi connectivity index (χ3n) is 2.58. The SMILES string of the molecule is C[C@@H](NC(=O)c1cc(Br)ccc1N)c1ccco1. The molecule has 1 heterocycles. The Morgan fingerprint density at radius 2 is 2.22 bits per heavy atom. The molecule has 94 valence electrons. The highest BCUT2D eigenvalue weighted by molar-refractivity contribution is 9.10. The van der Waals surface area contributed by atoms with E-state index in [1.807, 2.05) is 13.0 Å². The second-order valence-corrected chi connectivity index (χ2v) is 4.86. The summed E-state index contributed by atoms with van der Waals surface area (Å²) < 4.78 is 6.04. The lowest BCUT2D eigenvalue weighted by molar-refractivity contribution is 0.0936. The van der Waals surface area contributed by atoms with Crippen molar-refractivity contribution in [3.05, 3.63) is 52.4 Å². The highest BCUT2D eigenvalue weighted by Crippen LogP contribution is 2.20. The molecule has 0 aliphatic heterocycles. The van der Waals surface area contributed by atoms with Crippen LogP contribution in [0.2, 0.25) is 0 Å². The zero-order valence-corrected chi connectivity index (χ0v) is 11.4. The summed E-state index contributed by atoms with van der Waals surface area (Å²) in [7, 11) is 0. The monoisotopic (exact) mass is 308 g/mol. The second kappa shape index (κ2) is 5.27. The Balaban J connectivity index is 2.15. The van der Waals surface area contributed by atoms with E-state index in [0.29, 0.717) is 17.0 Å². The van der Waals surface area contributed by atoms with Crippen LogP contribution in [0.25, 0.3) is 0 Å². The number of hydrogen-bond donors (Lipinski definition) is 2. The van der Waals surface area contributed by atoms with Gasteiger partial charge in [0.1, 0.15) is 5.76 Å². The summed E-state index contributed by atoms with van der Waals surface area (Å²) in [4.78, 5) is 12.1. The Labute approximate surface area is 113 Å². The second-order valence-electron chi connectivity index (χ2n) is 3.94. The van der Waals surface area contributed by atoms with E-state index < -0.39 is 0 Å². The number of halogens is 1. The van der Waals surface area contributed by atoms with E-state index in [1.54, 1.807) is 30.5 Å². The molecule has 0 aliphatic rings. The van der Waals surface area contributed by atoms with E-state index in [4.69, 9.17) is 10.2 Å². The zero-order valence-electron chi connectivity index (χ0n) is 9.81. The predicted octanol–water partition coefficient (Wildman–Crippen LogP) is 3.12. The Morgan fingerprint density at radius 3 is 2.89 bits per heavy atom. The van der Waals surface area contributed by atoms with E-state index in [-0.39, 0.29) is 11.9 Å². The molecule has 0 saturated carbocycles. The smallest absolute Gasteiger partial charge is 0.253 e. The summed E-state index contributed by atoms with van der Waals surface area (Å²) in [6, 6.07) is 8.57. The van der Waals surface area contributed by atoms with Crippen molar-refractivity contribution in [1.82, 2.24) is 5.32 Å². The Hall–Kier alpha value is -1.75. The van der Waals surface area contributed by atoms with Gasteiger partial charge in [-0.1, -0.05) is 15.9 Å². The topological polar surface area (TPSA) is 68.3 Å². The van der Waals surface area contributed by atoms with Gasteiger partial charge in [-0.05, 0) is 37.3 Å². The summed E-state index contributed by atoms with van der Waals surface area (Å²) in [6.45, 7) is 1.85. The molecule has 1 atom stereocenters. The number of nitrogens with two attached hydrogens (primary N) is 1. The van der Waals surface area contributed by atoms with Crippen LogP contribution in [-0.4, -0.2) is 5.91 Å². The standard InChI is InChI=1S/C13H13BrN2O2/c1-8(12-3-2-6-18-12)16-13(17)10-7-9(14)4-5-11(10)15/h2-8H,15H2,1H3,(H,16,17)/t8-/m1/s1. The van der Waals surface area contributed by atoms with E-state index in [1.165, 1.54) is 0 Å². The van der Waals surface area contributed by atoms with Crippen molar-refractivity contribution in [2.24, 2.45) is 0 Å². The van der Waals surface area contributed by atoms with Gasteiger partial charge in [0.2, 0.25) is 0 Å². The number of furan rings is 1. The van der Waals surface area contributed by atoms with Gasteiger partial charge in [-0.15, -0.1) is 0 Å². The number of benzene rings is 1. The summed E-state index contributed by atoms with van der Waals surface area (Å²) in [5.41, 5.74) is 6.67. The molecule has 0 bridgehead atoms. The van der Waals surface area contributed by atoms with E-state index in [9.17, 15) is 4.79 Å². The van der Waals surface area contributed by atoms with Crippen LogP contribution < -0.4 is 11.1 Å². The minimum atomic E-state index is -0.224. The maximum Gasteiger partial charge on any atom is 0.253 e. The number of carbonyl (C=O) groups is 1. The predicted molar refractivity (Wildman–Crippen MR) is 73.1 cm³/mol. The first kappa shape index (κ1) is 12.7. The molecule has 1 aromatic carbocycles. The molecule has 2 aromatic rings. The molecule has 0 saturated heterocycles. The van der Waals surface area contributed by atoms with Crippen molar-refractivity contribution >= 4 is 27.5 Å². The van der Waals surface area contributed by atoms with Crippen LogP contribution in [0.5, 0.6) is 0 Å². The minimum absolute atomic E-state index is 0.203. The van der Waals surface area contributed by atoms with E-state index in [2.05, 4.69) is 21.2 Å². The van der Waals surface area contributed by atoms with Crippen molar-refractivity contribution in [2.75, 3.05) is 5.73 Å². The highest BCUT2D eigenvalue weighted by Gasteiger charge is 2.15. The van der Waals surface area contributed by atoms with Crippen LogP contribution in [0.4, 0.5) is 5.69 Å². The van der Waals surface area contributed by atoms with Crippen molar-refractivity contribution in [1.29, 1.82) is 0 Å². The van der Waals surface area contributed by atoms with Crippen LogP contribution in [0, 0.1) is 0 Å². The number of anilines is 1. The molecule has 2 rings (SSSR count). The van der Waals surface area contributed by atoms with Gasteiger partial charge in [0.25, 0.3) is 5.91 Å². The Morgan fingerprint density at radius 1 is 1.44 bits per heavy atom. The zero-order chi connectivity index (χ0) is 13.1. The first-order valence-corrected chi connectivity index (χ1v) is 6.26. The molecule has 0 aliphatic carbocycles. The maximum atomic E-state index is 12.1. The van der Waals surface area contributed by atoms with Crippen LogP contribution >= 0.6 is 15.9 Å². The highest BCUT2D eigenvalue weighted by atomic mass is 79.9. The number of amides is 1. The molecular weight excluding hydrogens is 296 g/mol. The summed E-state index contributed by atoms with van der Waals surface area (Å²) >= 11 is 3.32. The number of nitrogen functional groups attached to an aromatic ring is 1. The fraction of sp³-hybridized carbons (Fsp3) is 0.154. The van der Waals surface area contributed by atoms with E-state index in [0.717, 1.165) is 4.47 Å². The van der Waals surface area contributed by atoms with Crippen molar-refractivity contribution < 1.29 is 9.21 Å². The van der Waals surface area contributed by atoms with Crippen LogP contribution in [-0.2, 0) is 0 Å². The van der Waals surface area contributed by atoms with Gasteiger partial charge >= 0.3 is 0 Å². The first-order chi connectivity index (χ1) is 8.58. The van der Waals surface area contributed by atoms with Crippen LogP contribution in [0.15, 0.2) is 45.5 Å². The molecule has 1 amide bonds. The molecule has 0 fully saturated rings. The molecular formula is C13H13BrN2O2. The Kier molecular flexibility index (Phi) is 3.72. The minimum Gasteiger partial charge on any atom is -0.467 e. The molecule has 1 aromatic heterocycles. The van der Waals surface area contributed by atoms with E-state index >= 15 is 0 Å². The lowest BCUT2D eigenvalue weighted by Crippen LogP contribution is -2.27. The number of nitrogens with one attached hydrogen (secondary N) is 1. The van der Waals surface area contributed by atoms with Gasteiger partial charge in [-0.3, -0.25) is 4.79 Å². The van der Waals surface area contributed by atoms with Crippen molar-refractivity contribution in [2.45, 2.75) is 13.0 Å². The maximum absolute atomic E-state index is 12.1. The quantitative estimate of drug-likeness (QED) is 0.856. The fourth-order valence-electron chi connectivity index (χ4n) is 1.61. The average Bonchev–Trinajstić information content (AvgIpc) is 2.85. The normalized spacial score (nSPS) is 12.1. The lowest BCUT2D eigenvalue weighted by atomic mass is 10.1. The molecule has 4 nitrogen and oxygen atoms in total. The van der Waals surface area contributed by atoms with Gasteiger partial charge in [-0.25, -0.2) is 0 Å². The summed E-state index contributed by atoms with van der Waals surface area (Å²) in [5, 5.41) is 2.83. The van der Waals surface area contributed by atoms with Gasteiger partial charge < -0.3 is 15.5 Å². The number of carbonyl (C=O) groups excluding carboxylic acids is 1. The molecule has 5 heteroatoms.